The SMILES string of the molecule is O=CC1CN(Cc2ccc(OCc3cccc(F)c3)cc2)C1. The molecule has 0 saturated carbocycles. The summed E-state index contributed by atoms with van der Waals surface area (Å²) in [6.07, 6.45) is 1.03. The predicted molar refractivity (Wildman–Crippen MR) is 82.0 cm³/mol. The van der Waals surface area contributed by atoms with Gasteiger partial charge in [-0.05, 0) is 35.4 Å². The van der Waals surface area contributed by atoms with Gasteiger partial charge >= 0.3 is 0 Å². The highest BCUT2D eigenvalue weighted by Gasteiger charge is 2.25. The number of likely N-dealkylation sites (tertiary alicyclic amines) is 1. The number of hydrogen-bond donors (Lipinski definition) is 0. The van der Waals surface area contributed by atoms with Gasteiger partial charge in [0.25, 0.3) is 0 Å². The molecule has 3 nitrogen and oxygen atoms in total. The highest BCUT2D eigenvalue weighted by molar-refractivity contribution is 5.55. The van der Waals surface area contributed by atoms with Gasteiger partial charge in [-0.3, -0.25) is 4.90 Å². The van der Waals surface area contributed by atoms with E-state index in [1.165, 1.54) is 17.7 Å². The fraction of sp³-hybridized carbons (Fsp3) is 0.278. The van der Waals surface area contributed by atoms with Gasteiger partial charge in [-0.2, -0.15) is 0 Å². The van der Waals surface area contributed by atoms with Crippen LogP contribution < -0.4 is 4.74 Å². The Morgan fingerprint density at radius 3 is 2.59 bits per heavy atom. The van der Waals surface area contributed by atoms with Gasteiger partial charge in [0.15, 0.2) is 0 Å². The second-order valence-corrected chi connectivity index (χ2v) is 5.65. The zero-order valence-corrected chi connectivity index (χ0v) is 12.2. The first-order chi connectivity index (χ1) is 10.7. The van der Waals surface area contributed by atoms with Crippen molar-refractivity contribution in [2.45, 2.75) is 13.2 Å². The standard InChI is InChI=1S/C18H18FNO2/c19-17-3-1-2-15(8-17)13-22-18-6-4-14(5-7-18)9-20-10-16(11-20)12-21/h1-8,12,16H,9-11,13H2. The number of halogens is 1. The van der Waals surface area contributed by atoms with Crippen LogP contribution in [-0.4, -0.2) is 24.3 Å². The van der Waals surface area contributed by atoms with E-state index in [1.807, 2.05) is 30.3 Å². The van der Waals surface area contributed by atoms with Crippen molar-refractivity contribution in [2.75, 3.05) is 13.1 Å². The van der Waals surface area contributed by atoms with E-state index in [1.54, 1.807) is 6.07 Å². The van der Waals surface area contributed by atoms with Crippen molar-refractivity contribution in [1.29, 1.82) is 0 Å². The number of ether oxygens (including phenoxy) is 1. The first kappa shape index (κ1) is 14.7. The quantitative estimate of drug-likeness (QED) is 0.768. The minimum atomic E-state index is -0.250. The summed E-state index contributed by atoms with van der Waals surface area (Å²) in [6, 6.07) is 14.3. The number of nitrogens with zero attached hydrogens (tertiary/aromatic N) is 1. The normalized spacial score (nSPS) is 15.3. The van der Waals surface area contributed by atoms with Crippen molar-refractivity contribution in [3.8, 4) is 5.75 Å². The van der Waals surface area contributed by atoms with Crippen molar-refractivity contribution < 1.29 is 13.9 Å². The van der Waals surface area contributed by atoms with Crippen molar-refractivity contribution in [2.24, 2.45) is 5.92 Å². The zero-order valence-electron chi connectivity index (χ0n) is 12.2. The summed E-state index contributed by atoms with van der Waals surface area (Å²) in [6.45, 7) is 2.90. The molecular formula is C18H18FNO2. The number of benzene rings is 2. The highest BCUT2D eigenvalue weighted by Crippen LogP contribution is 2.19. The molecule has 114 valence electrons. The van der Waals surface area contributed by atoms with Crippen LogP contribution in [0, 0.1) is 11.7 Å². The maximum Gasteiger partial charge on any atom is 0.125 e. The third-order valence-corrected chi connectivity index (χ3v) is 3.80. The van der Waals surface area contributed by atoms with Crippen LogP contribution in [0.2, 0.25) is 0 Å². The molecule has 2 aromatic rings. The fourth-order valence-corrected chi connectivity index (χ4v) is 2.57. The lowest BCUT2D eigenvalue weighted by Crippen LogP contribution is -2.46. The molecule has 3 rings (SSSR count). The van der Waals surface area contributed by atoms with Gasteiger partial charge in [-0.1, -0.05) is 24.3 Å². The molecule has 0 bridgehead atoms. The summed E-state index contributed by atoms with van der Waals surface area (Å²) >= 11 is 0. The predicted octanol–water partition coefficient (Wildman–Crippen LogP) is 3.04. The first-order valence-electron chi connectivity index (χ1n) is 7.37. The van der Waals surface area contributed by atoms with Crippen LogP contribution in [0.15, 0.2) is 48.5 Å². The average molecular weight is 299 g/mol. The molecule has 1 aliphatic rings. The van der Waals surface area contributed by atoms with Gasteiger partial charge in [0, 0.05) is 25.6 Å². The largest absolute Gasteiger partial charge is 0.489 e. The Morgan fingerprint density at radius 1 is 1.14 bits per heavy atom. The van der Waals surface area contributed by atoms with Crippen LogP contribution in [-0.2, 0) is 17.9 Å². The number of aldehydes is 1. The lowest BCUT2D eigenvalue weighted by Gasteiger charge is -2.36. The molecule has 4 heteroatoms. The van der Waals surface area contributed by atoms with Crippen molar-refractivity contribution in [3.63, 3.8) is 0 Å². The van der Waals surface area contributed by atoms with Gasteiger partial charge in [0.1, 0.15) is 24.5 Å². The summed E-state index contributed by atoms with van der Waals surface area (Å²) in [4.78, 5) is 12.8. The Kier molecular flexibility index (Phi) is 4.49. The first-order valence-corrected chi connectivity index (χ1v) is 7.37. The highest BCUT2D eigenvalue weighted by atomic mass is 19.1. The zero-order chi connectivity index (χ0) is 15.4. The molecule has 2 aromatic carbocycles. The van der Waals surface area contributed by atoms with Gasteiger partial charge in [-0.15, -0.1) is 0 Å². The molecule has 0 atom stereocenters. The Balaban J connectivity index is 1.50. The molecule has 1 fully saturated rings. The molecule has 0 radical (unpaired) electrons. The molecule has 0 N–H and O–H groups in total. The van der Waals surface area contributed by atoms with Crippen LogP contribution in [0.25, 0.3) is 0 Å². The Labute approximate surface area is 129 Å². The van der Waals surface area contributed by atoms with E-state index in [-0.39, 0.29) is 11.7 Å². The van der Waals surface area contributed by atoms with Crippen molar-refractivity contribution in [1.82, 2.24) is 4.90 Å². The molecule has 0 spiro atoms. The van der Waals surface area contributed by atoms with E-state index >= 15 is 0 Å². The monoisotopic (exact) mass is 299 g/mol. The molecule has 22 heavy (non-hydrogen) atoms. The van der Waals surface area contributed by atoms with Gasteiger partial charge in [0.05, 0.1) is 0 Å². The second-order valence-electron chi connectivity index (χ2n) is 5.65. The summed E-state index contributed by atoms with van der Waals surface area (Å²) in [7, 11) is 0. The van der Waals surface area contributed by atoms with Gasteiger partial charge in [-0.25, -0.2) is 4.39 Å². The fourth-order valence-electron chi connectivity index (χ4n) is 2.57. The molecule has 0 aliphatic carbocycles. The minimum Gasteiger partial charge on any atom is -0.489 e. The number of rotatable bonds is 6. The molecule has 0 unspecified atom stereocenters. The van der Waals surface area contributed by atoms with Crippen molar-refractivity contribution in [3.05, 3.63) is 65.5 Å². The lowest BCUT2D eigenvalue weighted by atomic mass is 10.0. The average Bonchev–Trinajstić information content (AvgIpc) is 2.49. The maximum absolute atomic E-state index is 13.1. The summed E-state index contributed by atoms with van der Waals surface area (Å²) in [5.74, 6) is 0.718. The smallest absolute Gasteiger partial charge is 0.125 e. The van der Waals surface area contributed by atoms with E-state index in [0.29, 0.717) is 6.61 Å². The molecule has 0 aromatic heterocycles. The van der Waals surface area contributed by atoms with E-state index in [4.69, 9.17) is 4.74 Å². The van der Waals surface area contributed by atoms with Crippen molar-refractivity contribution >= 4 is 6.29 Å². The van der Waals surface area contributed by atoms with Crippen LogP contribution in [0.3, 0.4) is 0 Å². The molecule has 1 saturated heterocycles. The third-order valence-electron chi connectivity index (χ3n) is 3.80. The van der Waals surface area contributed by atoms with Crippen LogP contribution in [0.1, 0.15) is 11.1 Å². The summed E-state index contributed by atoms with van der Waals surface area (Å²) < 4.78 is 18.7. The van der Waals surface area contributed by atoms with E-state index < -0.39 is 0 Å². The van der Waals surface area contributed by atoms with Gasteiger partial charge < -0.3 is 9.53 Å². The van der Waals surface area contributed by atoms with Gasteiger partial charge in [0.2, 0.25) is 0 Å². The Hall–Kier alpha value is -2.20. The topological polar surface area (TPSA) is 29.5 Å². The van der Waals surface area contributed by atoms with E-state index in [0.717, 1.165) is 37.2 Å². The van der Waals surface area contributed by atoms with E-state index in [9.17, 15) is 9.18 Å². The van der Waals surface area contributed by atoms with E-state index in [2.05, 4.69) is 4.90 Å². The van der Waals surface area contributed by atoms with Crippen LogP contribution >= 0.6 is 0 Å². The summed E-state index contributed by atoms with van der Waals surface area (Å²) in [5.41, 5.74) is 2.01. The molecule has 0 amide bonds. The second kappa shape index (κ2) is 6.71. The minimum absolute atomic E-state index is 0.203. The number of carbonyl (C=O) groups excluding carboxylic acids is 1. The Bertz CT molecular complexity index is 636. The lowest BCUT2D eigenvalue weighted by molar-refractivity contribution is -0.115. The van der Waals surface area contributed by atoms with Crippen LogP contribution in [0.5, 0.6) is 5.75 Å². The number of hydrogen-bond acceptors (Lipinski definition) is 3. The maximum atomic E-state index is 13.1. The third kappa shape index (κ3) is 3.71. The number of carbonyl (C=O) groups is 1. The Morgan fingerprint density at radius 2 is 1.91 bits per heavy atom. The molecule has 1 heterocycles. The van der Waals surface area contributed by atoms with Crippen LogP contribution in [0.4, 0.5) is 4.39 Å². The molecule has 1 aliphatic heterocycles. The molecular weight excluding hydrogens is 281 g/mol. The summed E-state index contributed by atoms with van der Waals surface area (Å²) in [5, 5.41) is 0.